The molecule has 0 aliphatic carbocycles. The molecule has 0 fully saturated rings. The maximum atomic E-state index is 5.69. The lowest BCUT2D eigenvalue weighted by Gasteiger charge is -2.16. The molecule has 0 saturated carbocycles. The molecule has 4 nitrogen and oxygen atoms in total. The van der Waals surface area contributed by atoms with Crippen LogP contribution in [-0.2, 0) is 13.0 Å². The van der Waals surface area contributed by atoms with Crippen molar-refractivity contribution in [1.29, 1.82) is 0 Å². The Hall–Kier alpha value is -1.17. The van der Waals surface area contributed by atoms with Gasteiger partial charge >= 0.3 is 0 Å². The van der Waals surface area contributed by atoms with E-state index in [1.807, 2.05) is 11.6 Å². The van der Waals surface area contributed by atoms with Gasteiger partial charge in [-0.25, -0.2) is 0 Å². The number of aromatic nitrogens is 2. The quantitative estimate of drug-likeness (QED) is 0.622. The smallest absolute Gasteiger partial charge is 0.0632 e. The fraction of sp³-hybridized carbons (Fsp3) is 0.462. The number of hydrogen-bond donors (Lipinski definition) is 2. The summed E-state index contributed by atoms with van der Waals surface area (Å²) < 4.78 is 2.02. The summed E-state index contributed by atoms with van der Waals surface area (Å²) in [5.74, 6) is 5.69. The van der Waals surface area contributed by atoms with Crippen molar-refractivity contribution in [3.05, 3.63) is 39.8 Å². The summed E-state index contributed by atoms with van der Waals surface area (Å²) in [5.41, 5.74) is 6.50. The van der Waals surface area contributed by atoms with Crippen LogP contribution >= 0.6 is 11.3 Å². The van der Waals surface area contributed by atoms with Crippen molar-refractivity contribution >= 4 is 11.3 Å². The minimum atomic E-state index is 0.158. The first-order valence-electron chi connectivity index (χ1n) is 6.26. The van der Waals surface area contributed by atoms with Crippen LogP contribution in [0, 0.1) is 6.92 Å². The third-order valence-electron chi connectivity index (χ3n) is 3.09. The minimum Gasteiger partial charge on any atom is -0.271 e. The Labute approximate surface area is 112 Å². The van der Waals surface area contributed by atoms with Crippen molar-refractivity contribution in [2.75, 3.05) is 0 Å². The highest BCUT2D eigenvalue weighted by Gasteiger charge is 2.15. The first kappa shape index (κ1) is 13.3. The molecule has 5 heteroatoms. The summed E-state index contributed by atoms with van der Waals surface area (Å²) in [5, 5.41) is 8.77. The van der Waals surface area contributed by atoms with Crippen molar-refractivity contribution in [3.8, 4) is 0 Å². The fourth-order valence-electron chi connectivity index (χ4n) is 2.16. The molecule has 18 heavy (non-hydrogen) atoms. The highest BCUT2D eigenvalue weighted by Crippen LogP contribution is 2.20. The van der Waals surface area contributed by atoms with Gasteiger partial charge < -0.3 is 0 Å². The monoisotopic (exact) mass is 264 g/mol. The normalized spacial score (nSPS) is 12.8. The Morgan fingerprint density at radius 3 is 3.00 bits per heavy atom. The lowest BCUT2D eigenvalue weighted by molar-refractivity contribution is 0.467. The molecule has 2 heterocycles. The van der Waals surface area contributed by atoms with Gasteiger partial charge in [-0.05, 0) is 55.1 Å². The number of nitrogens with zero attached hydrogens (tertiary/aromatic N) is 2. The van der Waals surface area contributed by atoms with Gasteiger partial charge in [0.25, 0.3) is 0 Å². The van der Waals surface area contributed by atoms with Crippen molar-refractivity contribution in [1.82, 2.24) is 15.2 Å². The van der Waals surface area contributed by atoms with Crippen LogP contribution in [0.2, 0.25) is 0 Å². The molecule has 0 aromatic carbocycles. The largest absolute Gasteiger partial charge is 0.271 e. The summed E-state index contributed by atoms with van der Waals surface area (Å²) in [6.07, 6.45) is 2.02. The summed E-state index contributed by atoms with van der Waals surface area (Å²) >= 11 is 1.74. The van der Waals surface area contributed by atoms with E-state index in [1.165, 1.54) is 11.3 Å². The number of rotatable bonds is 6. The summed E-state index contributed by atoms with van der Waals surface area (Å²) in [6, 6.07) is 4.44. The van der Waals surface area contributed by atoms with Crippen LogP contribution in [0.15, 0.2) is 22.9 Å². The summed E-state index contributed by atoms with van der Waals surface area (Å²) in [7, 11) is 0. The molecular formula is C13H20N4S. The topological polar surface area (TPSA) is 55.9 Å². The highest BCUT2D eigenvalue weighted by molar-refractivity contribution is 7.07. The number of aryl methyl sites for hydroxylation is 3. The van der Waals surface area contributed by atoms with Gasteiger partial charge in [0.15, 0.2) is 0 Å². The predicted octanol–water partition coefficient (Wildman–Crippen LogP) is 2.41. The highest BCUT2D eigenvalue weighted by atomic mass is 32.1. The van der Waals surface area contributed by atoms with Gasteiger partial charge in [-0.3, -0.25) is 16.0 Å². The van der Waals surface area contributed by atoms with Crippen molar-refractivity contribution in [3.63, 3.8) is 0 Å². The lowest BCUT2D eigenvalue weighted by Crippen LogP contribution is -2.30. The second kappa shape index (κ2) is 6.13. The first-order valence-corrected chi connectivity index (χ1v) is 7.20. The average Bonchev–Trinajstić information content (AvgIpc) is 2.99. The van der Waals surface area contributed by atoms with Gasteiger partial charge in [-0.2, -0.15) is 16.4 Å². The molecule has 3 N–H and O–H groups in total. The van der Waals surface area contributed by atoms with E-state index >= 15 is 0 Å². The fourth-order valence-corrected chi connectivity index (χ4v) is 2.86. The zero-order valence-electron chi connectivity index (χ0n) is 10.9. The maximum absolute atomic E-state index is 5.69. The number of hydrogen-bond acceptors (Lipinski definition) is 4. The predicted molar refractivity (Wildman–Crippen MR) is 75.3 cm³/mol. The van der Waals surface area contributed by atoms with Crippen molar-refractivity contribution in [2.45, 2.75) is 39.3 Å². The number of hydrazine groups is 1. The van der Waals surface area contributed by atoms with Crippen LogP contribution in [0.25, 0.3) is 0 Å². The van der Waals surface area contributed by atoms with E-state index in [-0.39, 0.29) is 6.04 Å². The zero-order valence-corrected chi connectivity index (χ0v) is 11.7. The molecule has 98 valence electrons. The van der Waals surface area contributed by atoms with E-state index in [9.17, 15) is 0 Å². The SMILES string of the molecule is CCn1nc(C)cc1C(CCc1ccsc1)NN. The Kier molecular flexibility index (Phi) is 4.52. The third kappa shape index (κ3) is 2.98. The van der Waals surface area contributed by atoms with Crippen LogP contribution in [0.3, 0.4) is 0 Å². The number of nitrogens with one attached hydrogen (secondary N) is 1. The molecule has 2 aromatic rings. The Bertz CT molecular complexity index is 475. The van der Waals surface area contributed by atoms with E-state index in [2.05, 4.69) is 40.3 Å². The van der Waals surface area contributed by atoms with Crippen LogP contribution in [0.4, 0.5) is 0 Å². The first-order chi connectivity index (χ1) is 8.74. The summed E-state index contributed by atoms with van der Waals surface area (Å²) in [6.45, 7) is 4.99. The van der Waals surface area contributed by atoms with E-state index in [4.69, 9.17) is 5.84 Å². The van der Waals surface area contributed by atoms with Crippen LogP contribution < -0.4 is 11.3 Å². The van der Waals surface area contributed by atoms with Gasteiger partial charge in [-0.15, -0.1) is 0 Å². The maximum Gasteiger partial charge on any atom is 0.0632 e. The molecule has 0 saturated heterocycles. The third-order valence-corrected chi connectivity index (χ3v) is 3.82. The molecule has 0 radical (unpaired) electrons. The van der Waals surface area contributed by atoms with Gasteiger partial charge in [0.1, 0.15) is 0 Å². The number of nitrogens with two attached hydrogens (primary N) is 1. The molecule has 0 aliphatic rings. The zero-order chi connectivity index (χ0) is 13.0. The molecule has 2 aromatic heterocycles. The van der Waals surface area contributed by atoms with Crippen LogP contribution in [0.5, 0.6) is 0 Å². The van der Waals surface area contributed by atoms with Crippen molar-refractivity contribution in [2.24, 2.45) is 5.84 Å². The van der Waals surface area contributed by atoms with Crippen LogP contribution in [0.1, 0.15) is 36.3 Å². The van der Waals surface area contributed by atoms with E-state index in [0.717, 1.165) is 25.1 Å². The second-order valence-electron chi connectivity index (χ2n) is 4.42. The molecule has 1 unspecified atom stereocenters. The molecule has 0 bridgehead atoms. The summed E-state index contributed by atoms with van der Waals surface area (Å²) in [4.78, 5) is 0. The molecule has 2 rings (SSSR count). The molecule has 0 amide bonds. The van der Waals surface area contributed by atoms with Gasteiger partial charge in [0, 0.05) is 6.54 Å². The van der Waals surface area contributed by atoms with Gasteiger partial charge in [0.2, 0.25) is 0 Å². The molecule has 0 aliphatic heterocycles. The second-order valence-corrected chi connectivity index (χ2v) is 5.20. The van der Waals surface area contributed by atoms with Gasteiger partial charge in [-0.1, -0.05) is 0 Å². The average molecular weight is 264 g/mol. The molecule has 1 atom stereocenters. The molecule has 0 spiro atoms. The lowest BCUT2D eigenvalue weighted by atomic mass is 10.1. The number of thiophene rings is 1. The van der Waals surface area contributed by atoms with Crippen molar-refractivity contribution < 1.29 is 0 Å². The standard InChI is InChI=1S/C13H20N4S/c1-3-17-13(8-10(2)16-17)12(15-14)5-4-11-6-7-18-9-11/h6-9,12,15H,3-5,14H2,1-2H3. The van der Waals surface area contributed by atoms with Gasteiger partial charge in [0.05, 0.1) is 17.4 Å². The van der Waals surface area contributed by atoms with E-state index < -0.39 is 0 Å². The van der Waals surface area contributed by atoms with Crippen LogP contribution in [-0.4, -0.2) is 9.78 Å². The Morgan fingerprint density at radius 2 is 2.39 bits per heavy atom. The van der Waals surface area contributed by atoms with E-state index in [1.54, 1.807) is 11.3 Å². The molecular weight excluding hydrogens is 244 g/mol. The Balaban J connectivity index is 2.07. The van der Waals surface area contributed by atoms with E-state index in [0.29, 0.717) is 0 Å². The Morgan fingerprint density at radius 1 is 1.56 bits per heavy atom. The minimum absolute atomic E-state index is 0.158.